The van der Waals surface area contributed by atoms with Crippen LogP contribution in [-0.4, -0.2) is 40.9 Å². The molecule has 1 aromatic rings. The van der Waals surface area contributed by atoms with Gasteiger partial charge in [0.2, 0.25) is 0 Å². The molecule has 0 aromatic carbocycles. The summed E-state index contributed by atoms with van der Waals surface area (Å²) in [6.07, 6.45) is 4.23. The Morgan fingerprint density at radius 1 is 1.32 bits per heavy atom. The molecule has 1 N–H and O–H groups in total. The van der Waals surface area contributed by atoms with Crippen molar-refractivity contribution >= 4 is 0 Å². The lowest BCUT2D eigenvalue weighted by Crippen LogP contribution is -2.27. The second kappa shape index (κ2) is 9.10. The van der Waals surface area contributed by atoms with Crippen molar-refractivity contribution in [1.82, 2.24) is 20.0 Å². The Morgan fingerprint density at radius 2 is 2.05 bits per heavy atom. The molecule has 0 radical (unpaired) electrons. The van der Waals surface area contributed by atoms with Gasteiger partial charge in [-0.25, -0.2) is 0 Å². The summed E-state index contributed by atoms with van der Waals surface area (Å²) >= 11 is 0. The van der Waals surface area contributed by atoms with E-state index in [0.717, 1.165) is 32.6 Å². The third-order valence-electron chi connectivity index (χ3n) is 3.79. The van der Waals surface area contributed by atoms with Crippen LogP contribution in [-0.2, 0) is 6.54 Å². The topological polar surface area (TPSA) is 33.1 Å². The van der Waals surface area contributed by atoms with E-state index in [9.17, 15) is 0 Å². The van der Waals surface area contributed by atoms with Gasteiger partial charge in [0.15, 0.2) is 0 Å². The summed E-state index contributed by atoms with van der Waals surface area (Å²) in [5.74, 6) is 0. The highest BCUT2D eigenvalue weighted by Gasteiger charge is 2.07. The van der Waals surface area contributed by atoms with E-state index in [0.29, 0.717) is 6.04 Å². The van der Waals surface area contributed by atoms with Crippen LogP contribution in [0.15, 0.2) is 12.3 Å². The Labute approximate surface area is 118 Å². The molecule has 0 saturated heterocycles. The van der Waals surface area contributed by atoms with Crippen LogP contribution in [0.25, 0.3) is 0 Å². The Morgan fingerprint density at radius 3 is 2.68 bits per heavy atom. The highest BCUT2D eigenvalue weighted by Crippen LogP contribution is 2.11. The standard InChI is InChI=1S/C15H30N4/c1-5-14(4)19-15(9-11-17-19)13-16-10-8-12-18(6-2)7-3/h9,11,14,16H,5-8,10,12-13H2,1-4H3/t14-/m0/s1. The molecule has 0 bridgehead atoms. The SMILES string of the molecule is CC[C@H](C)n1nccc1CNCCCN(CC)CC. The van der Waals surface area contributed by atoms with Gasteiger partial charge < -0.3 is 10.2 Å². The van der Waals surface area contributed by atoms with Gasteiger partial charge in [-0.3, -0.25) is 4.68 Å². The summed E-state index contributed by atoms with van der Waals surface area (Å²) in [5.41, 5.74) is 1.29. The van der Waals surface area contributed by atoms with Gasteiger partial charge in [-0.15, -0.1) is 0 Å². The van der Waals surface area contributed by atoms with Crippen molar-refractivity contribution in [2.75, 3.05) is 26.2 Å². The van der Waals surface area contributed by atoms with Crippen molar-refractivity contribution in [1.29, 1.82) is 0 Å². The normalized spacial score (nSPS) is 13.1. The third-order valence-corrected chi connectivity index (χ3v) is 3.79. The molecule has 0 aliphatic rings. The quantitative estimate of drug-likeness (QED) is 0.661. The van der Waals surface area contributed by atoms with Crippen LogP contribution in [0.5, 0.6) is 0 Å². The van der Waals surface area contributed by atoms with E-state index in [1.165, 1.54) is 18.7 Å². The van der Waals surface area contributed by atoms with Crippen LogP contribution in [0, 0.1) is 0 Å². The molecule has 0 unspecified atom stereocenters. The smallest absolute Gasteiger partial charge is 0.0525 e. The van der Waals surface area contributed by atoms with Gasteiger partial charge in [-0.05, 0) is 52.0 Å². The molecule has 0 amide bonds. The number of hydrogen-bond donors (Lipinski definition) is 1. The molecule has 0 aliphatic heterocycles. The molecule has 1 rings (SSSR count). The molecule has 19 heavy (non-hydrogen) atoms. The molecule has 0 fully saturated rings. The van der Waals surface area contributed by atoms with Crippen molar-refractivity contribution in [3.8, 4) is 0 Å². The summed E-state index contributed by atoms with van der Waals surface area (Å²) in [7, 11) is 0. The average Bonchev–Trinajstić information content (AvgIpc) is 2.90. The summed E-state index contributed by atoms with van der Waals surface area (Å²) in [6.45, 7) is 14.3. The molecule has 0 spiro atoms. The molecular formula is C15H30N4. The summed E-state index contributed by atoms with van der Waals surface area (Å²) in [6, 6.07) is 2.60. The second-order valence-electron chi connectivity index (χ2n) is 5.08. The maximum atomic E-state index is 4.41. The highest BCUT2D eigenvalue weighted by atomic mass is 15.3. The first-order valence-electron chi connectivity index (χ1n) is 7.68. The van der Waals surface area contributed by atoms with E-state index in [-0.39, 0.29) is 0 Å². The lowest BCUT2D eigenvalue weighted by molar-refractivity contribution is 0.297. The van der Waals surface area contributed by atoms with E-state index in [4.69, 9.17) is 0 Å². The van der Waals surface area contributed by atoms with Gasteiger partial charge in [0.1, 0.15) is 0 Å². The first kappa shape index (κ1) is 16.2. The monoisotopic (exact) mass is 266 g/mol. The third kappa shape index (κ3) is 5.33. The van der Waals surface area contributed by atoms with Crippen molar-refractivity contribution in [3.05, 3.63) is 18.0 Å². The molecule has 1 heterocycles. The minimum atomic E-state index is 0.488. The molecule has 4 nitrogen and oxygen atoms in total. The molecule has 0 saturated carbocycles. The molecule has 110 valence electrons. The first-order valence-corrected chi connectivity index (χ1v) is 7.68. The maximum Gasteiger partial charge on any atom is 0.0525 e. The second-order valence-corrected chi connectivity index (χ2v) is 5.08. The number of rotatable bonds is 10. The first-order chi connectivity index (χ1) is 9.22. The Balaban J connectivity index is 2.24. The van der Waals surface area contributed by atoms with Crippen molar-refractivity contribution < 1.29 is 0 Å². The fourth-order valence-electron chi connectivity index (χ4n) is 2.24. The number of aromatic nitrogens is 2. The lowest BCUT2D eigenvalue weighted by Gasteiger charge is -2.18. The van der Waals surface area contributed by atoms with Crippen LogP contribution in [0.3, 0.4) is 0 Å². The van der Waals surface area contributed by atoms with Crippen LogP contribution in [0.4, 0.5) is 0 Å². The largest absolute Gasteiger partial charge is 0.311 e. The minimum Gasteiger partial charge on any atom is -0.311 e. The van der Waals surface area contributed by atoms with E-state index in [1.54, 1.807) is 0 Å². The predicted molar refractivity (Wildman–Crippen MR) is 81.3 cm³/mol. The van der Waals surface area contributed by atoms with Gasteiger partial charge in [0, 0.05) is 18.8 Å². The number of nitrogens with one attached hydrogen (secondary N) is 1. The molecule has 1 atom stereocenters. The van der Waals surface area contributed by atoms with Gasteiger partial charge >= 0.3 is 0 Å². The van der Waals surface area contributed by atoms with Crippen molar-refractivity contribution in [2.45, 2.75) is 53.1 Å². The molecule has 1 aromatic heterocycles. The van der Waals surface area contributed by atoms with Gasteiger partial charge in [-0.2, -0.15) is 5.10 Å². The summed E-state index contributed by atoms with van der Waals surface area (Å²) in [5, 5.41) is 7.93. The van der Waals surface area contributed by atoms with E-state index in [2.05, 4.69) is 53.8 Å². The van der Waals surface area contributed by atoms with E-state index in [1.807, 2.05) is 6.20 Å². The van der Waals surface area contributed by atoms with Gasteiger partial charge in [0.25, 0.3) is 0 Å². The van der Waals surface area contributed by atoms with Crippen LogP contribution in [0.1, 0.15) is 52.3 Å². The number of hydrogen-bond acceptors (Lipinski definition) is 3. The van der Waals surface area contributed by atoms with Crippen molar-refractivity contribution in [2.24, 2.45) is 0 Å². The number of nitrogens with zero attached hydrogens (tertiary/aromatic N) is 3. The zero-order valence-corrected chi connectivity index (χ0v) is 13.0. The zero-order chi connectivity index (χ0) is 14.1. The minimum absolute atomic E-state index is 0.488. The molecule has 4 heteroatoms. The predicted octanol–water partition coefficient (Wildman–Crippen LogP) is 2.68. The molecule has 0 aliphatic carbocycles. The highest BCUT2D eigenvalue weighted by molar-refractivity contribution is 5.01. The van der Waals surface area contributed by atoms with Gasteiger partial charge in [0.05, 0.1) is 5.69 Å². The zero-order valence-electron chi connectivity index (χ0n) is 13.0. The van der Waals surface area contributed by atoms with Crippen LogP contribution in [0.2, 0.25) is 0 Å². The van der Waals surface area contributed by atoms with Crippen molar-refractivity contribution in [3.63, 3.8) is 0 Å². The maximum absolute atomic E-state index is 4.41. The average molecular weight is 266 g/mol. The van der Waals surface area contributed by atoms with Crippen LogP contribution < -0.4 is 5.32 Å². The lowest BCUT2D eigenvalue weighted by atomic mass is 10.2. The Kier molecular flexibility index (Phi) is 7.75. The van der Waals surface area contributed by atoms with Crippen LogP contribution >= 0.6 is 0 Å². The fraction of sp³-hybridized carbons (Fsp3) is 0.800. The Bertz CT molecular complexity index is 331. The Hall–Kier alpha value is -0.870. The fourth-order valence-corrected chi connectivity index (χ4v) is 2.24. The summed E-state index contributed by atoms with van der Waals surface area (Å²) < 4.78 is 2.14. The summed E-state index contributed by atoms with van der Waals surface area (Å²) in [4.78, 5) is 2.46. The van der Waals surface area contributed by atoms with Gasteiger partial charge in [-0.1, -0.05) is 20.8 Å². The van der Waals surface area contributed by atoms with E-state index >= 15 is 0 Å². The van der Waals surface area contributed by atoms with E-state index < -0.39 is 0 Å². The molecular weight excluding hydrogens is 236 g/mol.